The molecule has 0 saturated carbocycles. The van der Waals surface area contributed by atoms with E-state index in [0.717, 1.165) is 71.4 Å². The van der Waals surface area contributed by atoms with Crippen molar-refractivity contribution in [2.24, 2.45) is 5.92 Å². The van der Waals surface area contributed by atoms with Crippen molar-refractivity contribution >= 4 is 50.8 Å². The molecule has 0 spiro atoms. The van der Waals surface area contributed by atoms with Crippen LogP contribution in [0, 0.1) is 38.8 Å². The SMILES string of the molecule is Cc1ccc2c(n1)oc1c(-c3nc4ccccc4n3-c3c(C)cc(-c4ccccc4)cc3C)[c-]ccc12.[2H]C([2H])(c1cc(-c2[c-]cccc2)nc[c]1[Ge]([CH3])([CH3])[CH3])C(C)C.[Ir]. The first-order chi connectivity index (χ1) is 28.2. The zero-order valence-electron chi connectivity index (χ0n) is 36.2. The Bertz CT molecular complexity index is 2950. The molecular formula is C51H48GeIrN4O-2. The molecule has 0 saturated heterocycles. The molecule has 0 atom stereocenters. The van der Waals surface area contributed by atoms with Gasteiger partial charge in [-0.15, -0.1) is 18.2 Å². The summed E-state index contributed by atoms with van der Waals surface area (Å²) in [7, 11) is 0. The van der Waals surface area contributed by atoms with E-state index in [1.165, 1.54) is 22.3 Å². The number of fused-ring (bicyclic) bond motifs is 4. The second-order valence-corrected chi connectivity index (χ2v) is 26.6. The van der Waals surface area contributed by atoms with Crippen molar-refractivity contribution in [3.63, 3.8) is 0 Å². The van der Waals surface area contributed by atoms with E-state index in [0.29, 0.717) is 5.71 Å². The molecule has 0 aliphatic heterocycles. The zero-order chi connectivity index (χ0) is 41.6. The Labute approximate surface area is 361 Å². The third-order valence-corrected chi connectivity index (χ3v) is 14.4. The molecule has 58 heavy (non-hydrogen) atoms. The minimum Gasteiger partial charge on any atom is 0 e. The Balaban J connectivity index is 0.000000204. The minimum atomic E-state index is -2.20. The predicted molar refractivity (Wildman–Crippen MR) is 240 cm³/mol. The summed E-state index contributed by atoms with van der Waals surface area (Å²) in [6.07, 6.45) is 0.562. The number of pyridine rings is 2. The molecule has 5 nitrogen and oxygen atoms in total. The normalized spacial score (nSPS) is 12.3. The Morgan fingerprint density at radius 2 is 1.48 bits per heavy atom. The van der Waals surface area contributed by atoms with E-state index in [1.807, 2.05) is 87.6 Å². The van der Waals surface area contributed by atoms with Crippen LogP contribution >= 0.6 is 0 Å². The molecule has 0 aliphatic carbocycles. The summed E-state index contributed by atoms with van der Waals surface area (Å²) in [6.45, 7) is 10.2. The average Bonchev–Trinajstić information content (AvgIpc) is 3.79. The average molecular weight is 1000 g/mol. The Morgan fingerprint density at radius 3 is 2.19 bits per heavy atom. The van der Waals surface area contributed by atoms with Crippen LogP contribution in [0.5, 0.6) is 0 Å². The summed E-state index contributed by atoms with van der Waals surface area (Å²) < 4.78 is 26.9. The fourth-order valence-corrected chi connectivity index (χ4v) is 10.5. The number of benzene rings is 5. The number of hydrogen-bond acceptors (Lipinski definition) is 4. The van der Waals surface area contributed by atoms with Gasteiger partial charge in [-0.3, -0.25) is 4.98 Å². The van der Waals surface area contributed by atoms with Crippen molar-refractivity contribution in [1.82, 2.24) is 19.5 Å². The van der Waals surface area contributed by atoms with Crippen LogP contribution in [0.25, 0.3) is 72.6 Å². The Morgan fingerprint density at radius 1 is 0.759 bits per heavy atom. The maximum absolute atomic E-state index is 8.56. The van der Waals surface area contributed by atoms with E-state index >= 15 is 0 Å². The van der Waals surface area contributed by atoms with Crippen LogP contribution in [0.3, 0.4) is 0 Å². The molecule has 5 aromatic carbocycles. The van der Waals surface area contributed by atoms with Gasteiger partial charge in [0.1, 0.15) is 0 Å². The maximum Gasteiger partial charge on any atom is 0 e. The summed E-state index contributed by atoms with van der Waals surface area (Å²) >= 11 is -2.20. The molecule has 9 rings (SSSR count). The van der Waals surface area contributed by atoms with E-state index in [1.54, 1.807) is 0 Å². The van der Waals surface area contributed by atoms with Crippen LogP contribution in [0.4, 0.5) is 0 Å². The standard InChI is InChI=1S/C33H24N3O.C18H24GeN.Ir/c1-20-18-24(23-10-5-4-6-11-23)19-21(2)30(20)36-29-15-8-7-14-28(29)35-32(36)27-13-9-12-25-26-17-16-22(3)34-33(26)37-31(25)27;1-14(2)11-16-12-18(15-9-7-6-8-10-15)20-13-17(16)19(3,4)5;/h4-12,14-19H,1-3H3;6-9,12-14H,11H2,1-5H3;/q2*-1;/i;11D2;. The molecule has 9 aromatic rings. The largest absolute Gasteiger partial charge is 0 e. The minimum absolute atomic E-state index is 0. The molecule has 1 radical (unpaired) electrons. The maximum atomic E-state index is 8.56. The second kappa shape index (κ2) is 17.0. The summed E-state index contributed by atoms with van der Waals surface area (Å²) in [5, 5.41) is 2.01. The van der Waals surface area contributed by atoms with Crippen LogP contribution < -0.4 is 4.40 Å². The van der Waals surface area contributed by atoms with Crippen molar-refractivity contribution in [3.8, 4) is 39.5 Å². The quantitative estimate of drug-likeness (QED) is 0.118. The van der Waals surface area contributed by atoms with Crippen molar-refractivity contribution in [1.29, 1.82) is 0 Å². The molecule has 0 unspecified atom stereocenters. The van der Waals surface area contributed by atoms with Crippen LogP contribution in [0.15, 0.2) is 132 Å². The number of imidazole rings is 1. The van der Waals surface area contributed by atoms with Crippen LogP contribution in [-0.2, 0) is 26.5 Å². The number of aryl methyl sites for hydroxylation is 3. The predicted octanol–water partition coefficient (Wildman–Crippen LogP) is 12.7. The second-order valence-electron chi connectivity index (χ2n) is 16.0. The molecule has 0 amide bonds. The van der Waals surface area contributed by atoms with E-state index in [2.05, 4.69) is 118 Å². The van der Waals surface area contributed by atoms with Gasteiger partial charge in [-0.05, 0) is 79.4 Å². The van der Waals surface area contributed by atoms with Crippen molar-refractivity contribution < 1.29 is 27.3 Å². The number of furan rings is 1. The van der Waals surface area contributed by atoms with Crippen LogP contribution in [0.1, 0.15) is 39.0 Å². The van der Waals surface area contributed by atoms with Crippen molar-refractivity contribution in [2.45, 2.75) is 58.3 Å². The van der Waals surface area contributed by atoms with Gasteiger partial charge in [0.2, 0.25) is 5.71 Å². The van der Waals surface area contributed by atoms with Gasteiger partial charge < -0.3 is 8.98 Å². The Kier molecular flexibility index (Phi) is 11.2. The number of para-hydroxylation sites is 2. The van der Waals surface area contributed by atoms with E-state index in [-0.39, 0.29) is 26.0 Å². The fourth-order valence-electron chi connectivity index (χ4n) is 7.59. The van der Waals surface area contributed by atoms with Gasteiger partial charge >= 0.3 is 128 Å². The number of aromatic nitrogens is 4. The van der Waals surface area contributed by atoms with Gasteiger partial charge in [0.15, 0.2) is 0 Å². The molecule has 4 heterocycles. The van der Waals surface area contributed by atoms with E-state index < -0.39 is 19.6 Å². The third kappa shape index (κ3) is 8.24. The zero-order valence-corrected chi connectivity index (χ0v) is 38.7. The van der Waals surface area contributed by atoms with Gasteiger partial charge in [0.05, 0.1) is 22.4 Å². The van der Waals surface area contributed by atoms with E-state index in [9.17, 15) is 0 Å². The molecule has 7 heteroatoms. The molecule has 0 bridgehead atoms. The first-order valence-electron chi connectivity index (χ1n) is 20.6. The first-order valence-corrected chi connectivity index (χ1v) is 26.9. The molecule has 293 valence electrons. The number of rotatable bonds is 7. The summed E-state index contributed by atoms with van der Waals surface area (Å²) in [4.78, 5) is 14.3. The first kappa shape index (κ1) is 38.4. The van der Waals surface area contributed by atoms with E-state index in [4.69, 9.17) is 12.1 Å². The topological polar surface area (TPSA) is 56.7 Å². The van der Waals surface area contributed by atoms with Gasteiger partial charge in [-0.25, -0.2) is 4.98 Å². The number of hydrogen-bond donors (Lipinski definition) is 0. The fraction of sp³-hybridized carbons (Fsp3) is 0.196. The molecule has 4 aromatic heterocycles. The van der Waals surface area contributed by atoms with Crippen LogP contribution in [-0.4, -0.2) is 32.8 Å². The monoisotopic (exact) mass is 1000 g/mol. The molecule has 0 aliphatic rings. The molecule has 0 fully saturated rings. The third-order valence-electron chi connectivity index (χ3n) is 10.2. The summed E-state index contributed by atoms with van der Waals surface area (Å²) in [5.41, 5.74) is 13.5. The van der Waals surface area contributed by atoms with Crippen LogP contribution in [0.2, 0.25) is 17.3 Å². The number of nitrogens with zero attached hydrogens (tertiary/aromatic N) is 4. The van der Waals surface area contributed by atoms with Gasteiger partial charge in [-0.2, -0.15) is 0 Å². The van der Waals surface area contributed by atoms with Gasteiger partial charge in [0, 0.05) is 36.9 Å². The summed E-state index contributed by atoms with van der Waals surface area (Å²) in [6, 6.07) is 47.7. The van der Waals surface area contributed by atoms with Crippen molar-refractivity contribution in [2.75, 3.05) is 0 Å². The molecule has 0 N–H and O–H groups in total. The Hall–Kier alpha value is -5.14. The van der Waals surface area contributed by atoms with Crippen molar-refractivity contribution in [3.05, 3.63) is 162 Å². The smallest absolute Gasteiger partial charge is 0 e. The van der Waals surface area contributed by atoms with Gasteiger partial charge in [-0.1, -0.05) is 53.4 Å². The van der Waals surface area contributed by atoms with Gasteiger partial charge in [0.25, 0.3) is 0 Å². The summed E-state index contributed by atoms with van der Waals surface area (Å²) in [5.74, 6) is 7.58. The molecular weight excluding hydrogens is 949 g/mol.